The molecule has 0 aromatic carbocycles. The first-order valence-corrected chi connectivity index (χ1v) is 8.90. The number of hydrogen-bond donors (Lipinski definition) is 0. The third-order valence-electron chi connectivity index (χ3n) is 4.27. The van der Waals surface area contributed by atoms with Crippen molar-refractivity contribution in [3.63, 3.8) is 0 Å². The van der Waals surface area contributed by atoms with Crippen LogP contribution in [0.2, 0.25) is 0 Å². The van der Waals surface area contributed by atoms with E-state index >= 15 is 0 Å². The van der Waals surface area contributed by atoms with Crippen LogP contribution in [0.5, 0.6) is 0 Å². The minimum atomic E-state index is -6.05. The fourth-order valence-corrected chi connectivity index (χ4v) is 2.50. The van der Waals surface area contributed by atoms with Gasteiger partial charge in [-0.15, -0.1) is 0 Å². The zero-order valence-corrected chi connectivity index (χ0v) is 17.2. The highest BCUT2D eigenvalue weighted by Crippen LogP contribution is 2.37. The SMILES string of the molecule is CCC(C)(CC(C(=O)OCC(F)(F)F)C(C)C(=O)OC(C(F)(F)F)C(F)(F)F)OC(C)=O. The molecule has 188 valence electrons. The van der Waals surface area contributed by atoms with Crippen LogP contribution in [0.25, 0.3) is 0 Å². The summed E-state index contributed by atoms with van der Waals surface area (Å²) in [5, 5.41) is 0. The van der Waals surface area contributed by atoms with Gasteiger partial charge in [0.25, 0.3) is 6.10 Å². The Kier molecular flexibility index (Phi) is 9.86. The Hall–Kier alpha value is -2.22. The second-order valence-corrected chi connectivity index (χ2v) is 7.12. The maximum Gasteiger partial charge on any atom is 0.434 e. The lowest BCUT2D eigenvalue weighted by molar-refractivity contribution is -0.314. The van der Waals surface area contributed by atoms with E-state index in [1.54, 1.807) is 0 Å². The lowest BCUT2D eigenvalue weighted by Gasteiger charge is -2.33. The third-order valence-corrected chi connectivity index (χ3v) is 4.27. The van der Waals surface area contributed by atoms with Crippen LogP contribution in [0, 0.1) is 11.8 Å². The summed E-state index contributed by atoms with van der Waals surface area (Å²) in [5.41, 5.74) is -1.62. The second-order valence-electron chi connectivity index (χ2n) is 7.12. The van der Waals surface area contributed by atoms with Gasteiger partial charge in [-0.1, -0.05) is 13.8 Å². The lowest BCUT2D eigenvalue weighted by Crippen LogP contribution is -2.48. The number of hydrogen-bond acceptors (Lipinski definition) is 6. The minimum absolute atomic E-state index is 0.0782. The van der Waals surface area contributed by atoms with E-state index in [1.165, 1.54) is 13.8 Å². The monoisotopic (exact) mass is 492 g/mol. The zero-order chi connectivity index (χ0) is 25.7. The van der Waals surface area contributed by atoms with Gasteiger partial charge in [-0.25, -0.2) is 0 Å². The Labute approximate surface area is 176 Å². The zero-order valence-electron chi connectivity index (χ0n) is 17.2. The van der Waals surface area contributed by atoms with Gasteiger partial charge < -0.3 is 14.2 Å². The van der Waals surface area contributed by atoms with Gasteiger partial charge in [0.1, 0.15) is 5.60 Å². The molecule has 15 heteroatoms. The van der Waals surface area contributed by atoms with Crippen LogP contribution in [0.4, 0.5) is 39.5 Å². The molecule has 0 N–H and O–H groups in total. The van der Waals surface area contributed by atoms with Crippen molar-refractivity contribution in [2.24, 2.45) is 11.8 Å². The number of carbonyl (C=O) groups is 3. The Bertz CT molecular complexity index is 657. The Morgan fingerprint density at radius 2 is 1.34 bits per heavy atom. The highest BCUT2D eigenvalue weighted by Gasteiger charge is 2.60. The summed E-state index contributed by atoms with van der Waals surface area (Å²) in [6.07, 6.45) is -22.5. The first-order valence-electron chi connectivity index (χ1n) is 8.90. The number of ether oxygens (including phenoxy) is 3. The van der Waals surface area contributed by atoms with Crippen LogP contribution in [0.3, 0.4) is 0 Å². The van der Waals surface area contributed by atoms with Gasteiger partial charge in [0.2, 0.25) is 0 Å². The van der Waals surface area contributed by atoms with E-state index in [2.05, 4.69) is 9.47 Å². The predicted molar refractivity (Wildman–Crippen MR) is 86.7 cm³/mol. The molecule has 3 atom stereocenters. The van der Waals surface area contributed by atoms with Gasteiger partial charge in [-0.2, -0.15) is 39.5 Å². The molecule has 0 radical (unpaired) electrons. The molecular formula is C17H21F9O6. The number of esters is 3. The summed E-state index contributed by atoms with van der Waals surface area (Å²) < 4.78 is 125. The van der Waals surface area contributed by atoms with Gasteiger partial charge in [0, 0.05) is 13.3 Å². The van der Waals surface area contributed by atoms with Crippen molar-refractivity contribution in [2.45, 2.75) is 70.8 Å². The van der Waals surface area contributed by atoms with Crippen LogP contribution in [0.15, 0.2) is 0 Å². The average molecular weight is 492 g/mol. The molecule has 0 saturated carbocycles. The van der Waals surface area contributed by atoms with Crippen LogP contribution in [-0.4, -0.2) is 54.7 Å². The van der Waals surface area contributed by atoms with E-state index in [-0.39, 0.29) is 6.42 Å². The average Bonchev–Trinajstić information content (AvgIpc) is 2.58. The summed E-state index contributed by atoms with van der Waals surface area (Å²) in [6.45, 7) is 2.10. The van der Waals surface area contributed by atoms with Crippen molar-refractivity contribution < 1.29 is 68.1 Å². The molecule has 3 unspecified atom stereocenters. The fourth-order valence-electron chi connectivity index (χ4n) is 2.50. The van der Waals surface area contributed by atoms with E-state index in [9.17, 15) is 53.9 Å². The van der Waals surface area contributed by atoms with Gasteiger partial charge >= 0.3 is 36.4 Å². The van der Waals surface area contributed by atoms with Crippen LogP contribution < -0.4 is 0 Å². The van der Waals surface area contributed by atoms with Crippen LogP contribution >= 0.6 is 0 Å². The summed E-state index contributed by atoms with van der Waals surface area (Å²) in [6, 6.07) is 0. The van der Waals surface area contributed by atoms with E-state index < -0.39 is 73.0 Å². The van der Waals surface area contributed by atoms with Gasteiger partial charge in [0.05, 0.1) is 11.8 Å². The Morgan fingerprint density at radius 1 is 0.875 bits per heavy atom. The van der Waals surface area contributed by atoms with Gasteiger partial charge in [0.15, 0.2) is 6.61 Å². The quantitative estimate of drug-likeness (QED) is 0.268. The molecule has 0 bridgehead atoms. The number of carbonyl (C=O) groups excluding carboxylic acids is 3. The molecule has 6 nitrogen and oxygen atoms in total. The summed E-state index contributed by atoms with van der Waals surface area (Å²) in [7, 11) is 0. The van der Waals surface area contributed by atoms with Crippen molar-refractivity contribution >= 4 is 17.9 Å². The molecular weight excluding hydrogens is 471 g/mol. The molecule has 0 amide bonds. The summed E-state index contributed by atoms with van der Waals surface area (Å²) >= 11 is 0. The first kappa shape index (κ1) is 29.8. The highest BCUT2D eigenvalue weighted by molar-refractivity contribution is 5.82. The molecule has 0 saturated heterocycles. The van der Waals surface area contributed by atoms with Crippen molar-refractivity contribution in [1.82, 2.24) is 0 Å². The Morgan fingerprint density at radius 3 is 1.69 bits per heavy atom. The third kappa shape index (κ3) is 9.94. The summed E-state index contributed by atoms with van der Waals surface area (Å²) in [5.74, 6) is -8.98. The second kappa shape index (κ2) is 10.6. The maximum absolute atomic E-state index is 12.6. The summed E-state index contributed by atoms with van der Waals surface area (Å²) in [4.78, 5) is 35.5. The van der Waals surface area contributed by atoms with E-state index in [0.29, 0.717) is 6.92 Å². The molecule has 0 spiro atoms. The maximum atomic E-state index is 12.6. The van der Waals surface area contributed by atoms with Crippen molar-refractivity contribution in [1.29, 1.82) is 0 Å². The molecule has 0 rings (SSSR count). The van der Waals surface area contributed by atoms with Crippen molar-refractivity contribution in [2.75, 3.05) is 6.61 Å². The normalized spacial score (nSPS) is 16.7. The van der Waals surface area contributed by atoms with Gasteiger partial charge in [-0.3, -0.25) is 14.4 Å². The van der Waals surface area contributed by atoms with E-state index in [4.69, 9.17) is 4.74 Å². The lowest BCUT2D eigenvalue weighted by atomic mass is 9.82. The molecule has 0 fully saturated rings. The molecule has 0 aliphatic rings. The van der Waals surface area contributed by atoms with Crippen LogP contribution in [-0.2, 0) is 28.6 Å². The standard InChI is InChI=1S/C17H21F9O6/c1-5-14(4,32-9(3)27)6-10(12(29)30-7-15(18,19)20)8(2)11(28)31-13(16(21,22)23)17(24,25)26/h8,10,13H,5-7H2,1-4H3. The first-order chi connectivity index (χ1) is 14.1. The predicted octanol–water partition coefficient (Wildman–Crippen LogP) is 4.50. The number of rotatable bonds is 9. The molecule has 0 aliphatic heterocycles. The molecule has 0 aliphatic carbocycles. The molecule has 0 aromatic rings. The number of halogens is 9. The molecule has 0 heterocycles. The van der Waals surface area contributed by atoms with Gasteiger partial charge in [-0.05, 0) is 13.3 Å². The smallest absolute Gasteiger partial charge is 0.434 e. The molecule has 0 aromatic heterocycles. The minimum Gasteiger partial charge on any atom is -0.460 e. The van der Waals surface area contributed by atoms with E-state index in [0.717, 1.165) is 6.92 Å². The number of alkyl halides is 9. The topological polar surface area (TPSA) is 78.9 Å². The van der Waals surface area contributed by atoms with Crippen molar-refractivity contribution in [3.05, 3.63) is 0 Å². The van der Waals surface area contributed by atoms with Crippen molar-refractivity contribution in [3.8, 4) is 0 Å². The van der Waals surface area contributed by atoms with E-state index in [1.807, 2.05) is 0 Å². The largest absolute Gasteiger partial charge is 0.460 e. The molecule has 32 heavy (non-hydrogen) atoms. The highest BCUT2D eigenvalue weighted by atomic mass is 19.4. The fraction of sp³-hybridized carbons (Fsp3) is 0.824. The van der Waals surface area contributed by atoms with Crippen LogP contribution in [0.1, 0.15) is 40.5 Å². The Balaban J connectivity index is 5.92.